The number of ether oxygens (including phenoxy) is 3. The molecule has 0 bridgehead atoms. The molecule has 1 aromatic carbocycles. The molecule has 2 N–H and O–H groups in total. The topological polar surface area (TPSA) is 82.7 Å². The highest BCUT2D eigenvalue weighted by Crippen LogP contribution is 2.36. The minimum absolute atomic E-state index is 0.177. The van der Waals surface area contributed by atoms with Crippen LogP contribution in [-0.4, -0.2) is 53.5 Å². The molecule has 206 valence electrons. The van der Waals surface area contributed by atoms with Crippen LogP contribution in [0.3, 0.4) is 0 Å². The van der Waals surface area contributed by atoms with Crippen molar-refractivity contribution in [1.29, 1.82) is 0 Å². The first kappa shape index (κ1) is 27.6. The molecule has 1 unspecified atom stereocenters. The van der Waals surface area contributed by atoms with Crippen LogP contribution in [0.5, 0.6) is 5.75 Å². The van der Waals surface area contributed by atoms with Crippen molar-refractivity contribution < 1.29 is 14.2 Å². The fourth-order valence-corrected chi connectivity index (χ4v) is 5.92. The predicted molar refractivity (Wildman–Crippen MR) is 156 cm³/mol. The van der Waals surface area contributed by atoms with Gasteiger partial charge in [-0.15, -0.1) is 11.3 Å². The van der Waals surface area contributed by atoms with Crippen molar-refractivity contribution in [2.75, 3.05) is 32.5 Å². The van der Waals surface area contributed by atoms with Gasteiger partial charge in [-0.3, -0.25) is 0 Å². The van der Waals surface area contributed by atoms with Gasteiger partial charge < -0.3 is 24.8 Å². The van der Waals surface area contributed by atoms with E-state index in [1.807, 2.05) is 50.4 Å². The summed E-state index contributed by atoms with van der Waals surface area (Å²) in [4.78, 5) is 12.6. The van der Waals surface area contributed by atoms with Crippen LogP contribution in [-0.2, 0) is 16.1 Å². The molecule has 0 saturated carbocycles. The third kappa shape index (κ3) is 7.58. The molecule has 3 aromatic rings. The number of anilines is 1. The first-order valence-electron chi connectivity index (χ1n) is 13.8. The van der Waals surface area contributed by atoms with E-state index in [1.54, 1.807) is 17.5 Å². The highest BCUT2D eigenvalue weighted by atomic mass is 32.1. The third-order valence-electron chi connectivity index (χ3n) is 7.15. The van der Waals surface area contributed by atoms with Crippen LogP contribution in [0.4, 0.5) is 5.82 Å². The van der Waals surface area contributed by atoms with Crippen molar-refractivity contribution in [1.82, 2.24) is 14.9 Å². The van der Waals surface area contributed by atoms with Gasteiger partial charge in [0.1, 0.15) is 12.2 Å². The summed E-state index contributed by atoms with van der Waals surface area (Å²) in [6, 6.07) is 10.00. The molecule has 2 saturated heterocycles. The van der Waals surface area contributed by atoms with E-state index >= 15 is 0 Å². The minimum Gasteiger partial charge on any atom is -0.485 e. The third-order valence-corrected chi connectivity index (χ3v) is 8.36. The molecule has 39 heavy (non-hydrogen) atoms. The summed E-state index contributed by atoms with van der Waals surface area (Å²) in [7, 11) is 2.18. The van der Waals surface area contributed by atoms with E-state index in [4.69, 9.17) is 24.9 Å². The Hall–Kier alpha value is -2.96. The number of benzene rings is 1. The number of piperidine rings is 1. The molecular weight excluding hydrogens is 508 g/mol. The Morgan fingerprint density at radius 1 is 1.13 bits per heavy atom. The van der Waals surface area contributed by atoms with Gasteiger partial charge in [-0.2, -0.15) is 0 Å². The van der Waals surface area contributed by atoms with Gasteiger partial charge in [0.05, 0.1) is 9.88 Å². The summed E-state index contributed by atoms with van der Waals surface area (Å²) >= 11 is 1.74. The van der Waals surface area contributed by atoms with E-state index in [0.29, 0.717) is 24.1 Å². The van der Waals surface area contributed by atoms with Crippen LogP contribution in [0, 0.1) is 11.8 Å². The van der Waals surface area contributed by atoms with E-state index in [2.05, 4.69) is 28.8 Å². The number of aromatic nitrogens is 2. The van der Waals surface area contributed by atoms with Crippen LogP contribution >= 0.6 is 11.3 Å². The van der Waals surface area contributed by atoms with Crippen molar-refractivity contribution >= 4 is 17.2 Å². The molecule has 0 amide bonds. The number of thiazole rings is 1. The predicted octanol–water partition coefficient (Wildman–Crippen LogP) is 5.85. The smallest absolute Gasteiger partial charge is 0.166 e. The molecule has 1 atom stereocenters. The van der Waals surface area contributed by atoms with Gasteiger partial charge in [0.25, 0.3) is 0 Å². The summed E-state index contributed by atoms with van der Waals surface area (Å²) in [5.41, 5.74) is 8.45. The Morgan fingerprint density at radius 2 is 1.97 bits per heavy atom. The van der Waals surface area contributed by atoms with E-state index in [9.17, 15) is 0 Å². The Morgan fingerprint density at radius 3 is 2.77 bits per heavy atom. The standard InChI is InChI=1S/C31H38N4O3S/c1-31(2,38-28-9-4-5-16-36-28)13-10-22-7-6-8-23(17-22)21-37-26-18-25(19-33-29(26)32)27-20-34-30(39-27)24-11-14-35(3)15-12-24/h6-8,17-20,24,28H,4-5,9,11-12,14-16,21H2,1-3H3,(H2,32,33). The number of hydrogen-bond acceptors (Lipinski definition) is 8. The van der Waals surface area contributed by atoms with E-state index in [0.717, 1.165) is 73.4 Å². The number of likely N-dealkylation sites (tertiary alicyclic amines) is 1. The maximum Gasteiger partial charge on any atom is 0.166 e. The van der Waals surface area contributed by atoms with Gasteiger partial charge in [-0.1, -0.05) is 24.0 Å². The van der Waals surface area contributed by atoms with Gasteiger partial charge in [0.2, 0.25) is 0 Å². The monoisotopic (exact) mass is 546 g/mol. The van der Waals surface area contributed by atoms with E-state index in [1.165, 1.54) is 5.01 Å². The van der Waals surface area contributed by atoms with Crippen LogP contribution in [0.15, 0.2) is 42.7 Å². The zero-order chi connectivity index (χ0) is 27.2. The van der Waals surface area contributed by atoms with Gasteiger partial charge in [-0.25, -0.2) is 9.97 Å². The molecular formula is C31H38N4O3S. The molecule has 0 spiro atoms. The number of nitrogens with two attached hydrogens (primary N) is 1. The van der Waals surface area contributed by atoms with Crippen LogP contribution in [0.1, 0.15) is 68.0 Å². The van der Waals surface area contributed by atoms with Crippen molar-refractivity contribution in [3.63, 3.8) is 0 Å². The first-order valence-corrected chi connectivity index (χ1v) is 14.6. The highest BCUT2D eigenvalue weighted by molar-refractivity contribution is 7.15. The summed E-state index contributed by atoms with van der Waals surface area (Å²) in [5.74, 6) is 7.99. The SMILES string of the molecule is CN1CCC(c2ncc(-c3cnc(N)c(OCc4cccc(C#CC(C)(C)OC5CCCCO5)c4)c3)s2)CC1. The Kier molecular flexibility index (Phi) is 8.83. The molecule has 2 fully saturated rings. The molecule has 8 heteroatoms. The summed E-state index contributed by atoms with van der Waals surface area (Å²) in [6.07, 6.45) is 9.01. The van der Waals surface area contributed by atoms with Crippen molar-refractivity contribution in [3.05, 3.63) is 58.9 Å². The molecule has 2 aliphatic rings. The fraction of sp³-hybridized carbons (Fsp3) is 0.484. The van der Waals surface area contributed by atoms with Crippen molar-refractivity contribution in [2.45, 2.75) is 70.4 Å². The van der Waals surface area contributed by atoms with Gasteiger partial charge in [-0.05, 0) is 89.9 Å². The molecule has 2 aromatic heterocycles. The van der Waals surface area contributed by atoms with Crippen LogP contribution < -0.4 is 10.5 Å². The van der Waals surface area contributed by atoms with Gasteiger partial charge in [0.15, 0.2) is 17.9 Å². The lowest BCUT2D eigenvalue weighted by atomic mass is 9.98. The van der Waals surface area contributed by atoms with Crippen LogP contribution in [0.25, 0.3) is 10.4 Å². The second-order valence-electron chi connectivity index (χ2n) is 10.9. The van der Waals surface area contributed by atoms with Crippen LogP contribution in [0.2, 0.25) is 0 Å². The fourth-order valence-electron chi connectivity index (χ4n) is 4.86. The number of pyridine rings is 1. The Labute approximate surface area is 235 Å². The minimum atomic E-state index is -0.598. The number of rotatable bonds is 7. The quantitative estimate of drug-likeness (QED) is 0.372. The molecule has 5 rings (SSSR count). The van der Waals surface area contributed by atoms with Crippen molar-refractivity contribution in [2.24, 2.45) is 0 Å². The van der Waals surface area contributed by atoms with E-state index in [-0.39, 0.29) is 6.29 Å². The zero-order valence-electron chi connectivity index (χ0n) is 23.1. The molecule has 0 aliphatic carbocycles. The normalized spacial score (nSPS) is 18.9. The average Bonchev–Trinajstić information content (AvgIpc) is 3.43. The first-order chi connectivity index (χ1) is 18.8. The summed E-state index contributed by atoms with van der Waals surface area (Å²) < 4.78 is 17.9. The Balaban J connectivity index is 1.22. The highest BCUT2D eigenvalue weighted by Gasteiger charge is 2.24. The van der Waals surface area contributed by atoms with Gasteiger partial charge >= 0.3 is 0 Å². The maximum atomic E-state index is 6.17. The number of nitrogens with zero attached hydrogens (tertiary/aromatic N) is 3. The lowest BCUT2D eigenvalue weighted by Gasteiger charge is -2.29. The second kappa shape index (κ2) is 12.5. The number of hydrogen-bond donors (Lipinski definition) is 1. The molecule has 2 aliphatic heterocycles. The van der Waals surface area contributed by atoms with E-state index < -0.39 is 5.60 Å². The maximum absolute atomic E-state index is 6.17. The zero-order valence-corrected chi connectivity index (χ0v) is 23.9. The second-order valence-corrected chi connectivity index (χ2v) is 12.0. The molecule has 4 heterocycles. The summed E-state index contributed by atoms with van der Waals surface area (Å²) in [5, 5.41) is 1.20. The lowest BCUT2D eigenvalue weighted by Crippen LogP contribution is -2.33. The van der Waals surface area contributed by atoms with Gasteiger partial charge in [0, 0.05) is 36.0 Å². The van der Waals surface area contributed by atoms with Crippen molar-refractivity contribution in [3.8, 4) is 28.0 Å². The average molecular weight is 547 g/mol. The molecule has 0 radical (unpaired) electrons. The molecule has 7 nitrogen and oxygen atoms in total. The largest absolute Gasteiger partial charge is 0.485 e. The number of nitrogen functional groups attached to an aromatic ring is 1. The Bertz CT molecular complexity index is 1310. The summed E-state index contributed by atoms with van der Waals surface area (Å²) in [6.45, 7) is 7.32. The lowest BCUT2D eigenvalue weighted by molar-refractivity contribution is -0.199.